The first-order valence-corrected chi connectivity index (χ1v) is 5.32. The van der Waals surface area contributed by atoms with Gasteiger partial charge in [0.2, 0.25) is 0 Å². The zero-order valence-electron chi connectivity index (χ0n) is 8.91. The molecule has 0 saturated heterocycles. The molecule has 0 radical (unpaired) electrons. The van der Waals surface area contributed by atoms with Gasteiger partial charge in [0.15, 0.2) is 0 Å². The lowest BCUT2D eigenvalue weighted by atomic mass is 10.2. The van der Waals surface area contributed by atoms with Crippen LogP contribution in [0.4, 0.5) is 5.69 Å². The maximum absolute atomic E-state index is 5.86. The maximum Gasteiger partial charge on any atom is 0.150 e. The monoisotopic (exact) mass is 233 g/mol. The summed E-state index contributed by atoms with van der Waals surface area (Å²) in [5.74, 6) is 1.33. The van der Waals surface area contributed by atoms with Crippen LogP contribution in [0.15, 0.2) is 42.5 Å². The van der Waals surface area contributed by atoms with E-state index in [-0.39, 0.29) is 0 Å². The van der Waals surface area contributed by atoms with E-state index in [1.54, 1.807) is 12.1 Å². The van der Waals surface area contributed by atoms with Crippen molar-refractivity contribution in [1.82, 2.24) is 0 Å². The smallest absolute Gasteiger partial charge is 0.150 e. The minimum atomic E-state index is 0.625. The van der Waals surface area contributed by atoms with E-state index < -0.39 is 0 Å². The summed E-state index contributed by atoms with van der Waals surface area (Å²) in [6.45, 7) is 1.99. The molecule has 0 spiro atoms. The van der Waals surface area contributed by atoms with Crippen molar-refractivity contribution in [3.05, 3.63) is 53.1 Å². The Bertz CT molecular complexity index is 511. The molecule has 0 amide bonds. The molecule has 0 aliphatic carbocycles. The topological polar surface area (TPSA) is 35.2 Å². The quantitative estimate of drug-likeness (QED) is 0.795. The van der Waals surface area contributed by atoms with Gasteiger partial charge in [-0.05, 0) is 42.8 Å². The summed E-state index contributed by atoms with van der Waals surface area (Å²) in [5.41, 5.74) is 7.58. The van der Waals surface area contributed by atoms with E-state index in [0.717, 1.165) is 5.56 Å². The van der Waals surface area contributed by atoms with Crippen LogP contribution in [0.3, 0.4) is 0 Å². The van der Waals surface area contributed by atoms with Gasteiger partial charge in [0, 0.05) is 5.02 Å². The van der Waals surface area contributed by atoms with Crippen LogP contribution in [-0.2, 0) is 0 Å². The molecule has 3 heteroatoms. The minimum Gasteiger partial charge on any atom is -0.455 e. The first-order valence-electron chi connectivity index (χ1n) is 4.95. The Hall–Kier alpha value is -1.67. The Balaban J connectivity index is 2.27. The predicted molar refractivity (Wildman–Crippen MR) is 67.1 cm³/mol. The SMILES string of the molecule is Cc1ccc(Oc2cccc(Cl)c2)c(N)c1. The van der Waals surface area contributed by atoms with Crippen LogP contribution < -0.4 is 10.5 Å². The Labute approximate surface area is 99.6 Å². The van der Waals surface area contributed by atoms with E-state index >= 15 is 0 Å². The summed E-state index contributed by atoms with van der Waals surface area (Å²) in [6, 6.07) is 12.9. The van der Waals surface area contributed by atoms with Crippen molar-refractivity contribution < 1.29 is 4.74 Å². The zero-order chi connectivity index (χ0) is 11.5. The van der Waals surface area contributed by atoms with Crippen molar-refractivity contribution in [2.24, 2.45) is 0 Å². The standard InChI is InChI=1S/C13H12ClNO/c1-9-5-6-13(12(15)7-9)16-11-4-2-3-10(14)8-11/h2-8H,15H2,1H3. The minimum absolute atomic E-state index is 0.625. The van der Waals surface area contributed by atoms with Gasteiger partial charge in [0.1, 0.15) is 11.5 Å². The van der Waals surface area contributed by atoms with E-state index in [9.17, 15) is 0 Å². The molecule has 0 aliphatic heterocycles. The number of halogens is 1. The Morgan fingerprint density at radius 3 is 2.62 bits per heavy atom. The third kappa shape index (κ3) is 2.47. The molecule has 2 aromatic carbocycles. The number of nitrogen functional groups attached to an aromatic ring is 1. The molecule has 0 fully saturated rings. The van der Waals surface area contributed by atoms with Gasteiger partial charge in [-0.3, -0.25) is 0 Å². The van der Waals surface area contributed by atoms with E-state index in [1.165, 1.54) is 0 Å². The van der Waals surface area contributed by atoms with E-state index in [4.69, 9.17) is 22.1 Å². The highest BCUT2D eigenvalue weighted by Crippen LogP contribution is 2.29. The van der Waals surface area contributed by atoms with E-state index in [1.807, 2.05) is 37.3 Å². The predicted octanol–water partition coefficient (Wildman–Crippen LogP) is 4.02. The molecule has 82 valence electrons. The molecule has 0 atom stereocenters. The summed E-state index contributed by atoms with van der Waals surface area (Å²) in [4.78, 5) is 0. The highest BCUT2D eigenvalue weighted by atomic mass is 35.5. The van der Waals surface area contributed by atoms with Gasteiger partial charge < -0.3 is 10.5 Å². The van der Waals surface area contributed by atoms with Gasteiger partial charge in [0.25, 0.3) is 0 Å². The lowest BCUT2D eigenvalue weighted by Crippen LogP contribution is -1.92. The Kier molecular flexibility index (Phi) is 3.02. The zero-order valence-corrected chi connectivity index (χ0v) is 9.66. The van der Waals surface area contributed by atoms with Gasteiger partial charge in [0.05, 0.1) is 5.69 Å². The summed E-state index contributed by atoms with van der Waals surface area (Å²) in [7, 11) is 0. The van der Waals surface area contributed by atoms with Gasteiger partial charge in [-0.15, -0.1) is 0 Å². The molecular formula is C13H12ClNO. The van der Waals surface area contributed by atoms with Gasteiger partial charge in [-0.25, -0.2) is 0 Å². The summed E-state index contributed by atoms with van der Waals surface area (Å²) >= 11 is 5.86. The second-order valence-electron chi connectivity index (χ2n) is 3.60. The van der Waals surface area contributed by atoms with Crippen LogP contribution in [-0.4, -0.2) is 0 Å². The second kappa shape index (κ2) is 4.45. The first kappa shape index (κ1) is 10.8. The van der Waals surface area contributed by atoms with Crippen LogP contribution in [0.1, 0.15) is 5.56 Å². The van der Waals surface area contributed by atoms with Crippen LogP contribution >= 0.6 is 11.6 Å². The number of aryl methyl sites for hydroxylation is 1. The van der Waals surface area contributed by atoms with Gasteiger partial charge >= 0.3 is 0 Å². The number of anilines is 1. The summed E-state index contributed by atoms with van der Waals surface area (Å²) in [5, 5.41) is 0.642. The fraction of sp³-hybridized carbons (Fsp3) is 0.0769. The number of ether oxygens (including phenoxy) is 1. The number of hydrogen-bond acceptors (Lipinski definition) is 2. The molecule has 0 aliphatic rings. The molecule has 2 rings (SSSR count). The summed E-state index contributed by atoms with van der Waals surface area (Å²) < 4.78 is 5.64. The number of rotatable bonds is 2. The molecule has 0 unspecified atom stereocenters. The third-order valence-electron chi connectivity index (χ3n) is 2.19. The molecule has 2 nitrogen and oxygen atoms in total. The fourth-order valence-corrected chi connectivity index (χ4v) is 1.60. The van der Waals surface area contributed by atoms with E-state index in [2.05, 4.69) is 0 Å². The fourth-order valence-electron chi connectivity index (χ4n) is 1.42. The van der Waals surface area contributed by atoms with Crippen molar-refractivity contribution in [2.45, 2.75) is 6.92 Å². The molecule has 2 N–H and O–H groups in total. The molecule has 16 heavy (non-hydrogen) atoms. The van der Waals surface area contributed by atoms with Crippen molar-refractivity contribution >= 4 is 17.3 Å². The number of nitrogens with two attached hydrogens (primary N) is 1. The van der Waals surface area contributed by atoms with Crippen LogP contribution in [0.2, 0.25) is 5.02 Å². The number of benzene rings is 2. The molecular weight excluding hydrogens is 222 g/mol. The average Bonchev–Trinajstić information content (AvgIpc) is 2.22. The Morgan fingerprint density at radius 2 is 1.94 bits per heavy atom. The van der Waals surface area contributed by atoms with E-state index in [0.29, 0.717) is 22.2 Å². The normalized spacial score (nSPS) is 10.1. The average molecular weight is 234 g/mol. The Morgan fingerprint density at radius 1 is 1.12 bits per heavy atom. The van der Waals surface area contributed by atoms with Gasteiger partial charge in [-0.1, -0.05) is 23.7 Å². The van der Waals surface area contributed by atoms with Crippen LogP contribution in [0.5, 0.6) is 11.5 Å². The van der Waals surface area contributed by atoms with Crippen molar-refractivity contribution in [3.63, 3.8) is 0 Å². The molecule has 2 aromatic rings. The molecule has 0 bridgehead atoms. The van der Waals surface area contributed by atoms with Crippen LogP contribution in [0, 0.1) is 6.92 Å². The van der Waals surface area contributed by atoms with Gasteiger partial charge in [-0.2, -0.15) is 0 Å². The summed E-state index contributed by atoms with van der Waals surface area (Å²) in [6.07, 6.45) is 0. The van der Waals surface area contributed by atoms with Crippen molar-refractivity contribution in [3.8, 4) is 11.5 Å². The second-order valence-corrected chi connectivity index (χ2v) is 4.04. The lowest BCUT2D eigenvalue weighted by Gasteiger charge is -2.09. The molecule has 0 heterocycles. The maximum atomic E-state index is 5.86. The van der Waals surface area contributed by atoms with Crippen molar-refractivity contribution in [1.29, 1.82) is 0 Å². The highest BCUT2D eigenvalue weighted by molar-refractivity contribution is 6.30. The first-order chi connectivity index (χ1) is 7.65. The van der Waals surface area contributed by atoms with Crippen molar-refractivity contribution in [2.75, 3.05) is 5.73 Å². The highest BCUT2D eigenvalue weighted by Gasteiger charge is 2.02. The largest absolute Gasteiger partial charge is 0.455 e. The lowest BCUT2D eigenvalue weighted by molar-refractivity contribution is 0.485. The molecule has 0 saturated carbocycles. The third-order valence-corrected chi connectivity index (χ3v) is 2.42. The van der Waals surface area contributed by atoms with Crippen LogP contribution in [0.25, 0.3) is 0 Å². The molecule has 0 aromatic heterocycles. The number of hydrogen-bond donors (Lipinski definition) is 1.